The standard InChI is InChI=1S/C18H16Cl2O2/c1-3-18(2)14(10-7-5-4-6-8-10)11-9-12(21)15(19)16(20)13(11)17(18)22/h4-9,14,21H,3H2,1-2H3/t14-,18-/m1/s1. The molecule has 0 aromatic heterocycles. The summed E-state index contributed by atoms with van der Waals surface area (Å²) in [5.41, 5.74) is 1.65. The van der Waals surface area contributed by atoms with Gasteiger partial charge in [0.1, 0.15) is 10.8 Å². The molecule has 1 aliphatic carbocycles. The van der Waals surface area contributed by atoms with Crippen molar-refractivity contribution in [3.63, 3.8) is 0 Å². The number of hydrogen-bond donors (Lipinski definition) is 1. The van der Waals surface area contributed by atoms with Gasteiger partial charge in [0, 0.05) is 16.9 Å². The van der Waals surface area contributed by atoms with E-state index in [-0.39, 0.29) is 27.5 Å². The summed E-state index contributed by atoms with van der Waals surface area (Å²) in [6.45, 7) is 3.95. The molecule has 0 unspecified atom stereocenters. The highest BCUT2D eigenvalue weighted by Gasteiger charge is 2.50. The summed E-state index contributed by atoms with van der Waals surface area (Å²) in [4.78, 5) is 13.0. The van der Waals surface area contributed by atoms with Crippen LogP contribution in [0, 0.1) is 5.41 Å². The molecule has 0 bridgehead atoms. The van der Waals surface area contributed by atoms with Crippen LogP contribution in [0.2, 0.25) is 10.0 Å². The monoisotopic (exact) mass is 334 g/mol. The van der Waals surface area contributed by atoms with Crippen molar-refractivity contribution in [2.75, 3.05) is 0 Å². The predicted octanol–water partition coefficient (Wildman–Crippen LogP) is 5.44. The molecule has 0 aliphatic heterocycles. The first-order valence-electron chi connectivity index (χ1n) is 7.22. The van der Waals surface area contributed by atoms with E-state index in [2.05, 4.69) is 0 Å². The number of hydrogen-bond acceptors (Lipinski definition) is 2. The van der Waals surface area contributed by atoms with E-state index < -0.39 is 5.41 Å². The van der Waals surface area contributed by atoms with Crippen molar-refractivity contribution in [2.45, 2.75) is 26.2 Å². The van der Waals surface area contributed by atoms with E-state index in [1.807, 2.05) is 44.2 Å². The van der Waals surface area contributed by atoms with E-state index in [1.54, 1.807) is 6.07 Å². The molecule has 22 heavy (non-hydrogen) atoms. The number of halogens is 2. The fourth-order valence-corrected chi connectivity index (χ4v) is 3.85. The minimum Gasteiger partial charge on any atom is -0.506 e. The average Bonchev–Trinajstić information content (AvgIpc) is 2.74. The third kappa shape index (κ3) is 1.98. The molecule has 114 valence electrons. The Kier molecular flexibility index (Phi) is 3.70. The lowest BCUT2D eigenvalue weighted by molar-refractivity contribution is 0.0817. The molecule has 0 saturated heterocycles. The van der Waals surface area contributed by atoms with Crippen molar-refractivity contribution in [2.24, 2.45) is 5.41 Å². The van der Waals surface area contributed by atoms with Gasteiger partial charge in [-0.2, -0.15) is 0 Å². The highest BCUT2D eigenvalue weighted by molar-refractivity contribution is 6.45. The number of rotatable bonds is 2. The second kappa shape index (κ2) is 5.29. The quantitative estimate of drug-likeness (QED) is 0.793. The van der Waals surface area contributed by atoms with Crippen LogP contribution in [0.1, 0.15) is 47.7 Å². The second-order valence-electron chi connectivity index (χ2n) is 5.93. The molecule has 0 heterocycles. The fourth-order valence-electron chi connectivity index (χ4n) is 3.41. The van der Waals surface area contributed by atoms with Crippen LogP contribution in [0.4, 0.5) is 0 Å². The Morgan fingerprint density at radius 3 is 2.41 bits per heavy atom. The molecule has 0 saturated carbocycles. The molecule has 1 N–H and O–H groups in total. The van der Waals surface area contributed by atoms with E-state index in [1.165, 1.54) is 0 Å². The van der Waals surface area contributed by atoms with E-state index in [0.717, 1.165) is 11.1 Å². The number of carbonyl (C=O) groups is 1. The Morgan fingerprint density at radius 1 is 1.18 bits per heavy atom. The van der Waals surface area contributed by atoms with Gasteiger partial charge in [0.05, 0.1) is 5.02 Å². The maximum absolute atomic E-state index is 13.0. The Balaban J connectivity index is 2.33. The van der Waals surface area contributed by atoms with Gasteiger partial charge >= 0.3 is 0 Å². The van der Waals surface area contributed by atoms with Gasteiger partial charge in [0.25, 0.3) is 0 Å². The number of fused-ring (bicyclic) bond motifs is 1. The molecule has 4 heteroatoms. The number of benzene rings is 2. The number of Topliss-reactive ketones (excluding diaryl/α,β-unsaturated/α-hetero) is 1. The first-order chi connectivity index (χ1) is 10.4. The minimum absolute atomic E-state index is 0.00856. The third-order valence-corrected chi connectivity index (χ3v) is 5.64. The van der Waals surface area contributed by atoms with Crippen LogP contribution in [-0.2, 0) is 0 Å². The van der Waals surface area contributed by atoms with Gasteiger partial charge in [0.2, 0.25) is 0 Å². The number of aromatic hydroxyl groups is 1. The van der Waals surface area contributed by atoms with Gasteiger partial charge < -0.3 is 5.11 Å². The maximum atomic E-state index is 13.0. The highest BCUT2D eigenvalue weighted by Crippen LogP contribution is 2.56. The van der Waals surface area contributed by atoms with Crippen molar-refractivity contribution in [1.29, 1.82) is 0 Å². The molecule has 2 aromatic carbocycles. The van der Waals surface area contributed by atoms with Crippen molar-refractivity contribution in [3.8, 4) is 5.75 Å². The number of phenols is 1. The Labute approximate surface area is 139 Å². The smallest absolute Gasteiger partial charge is 0.171 e. The molecular formula is C18H16Cl2O2. The van der Waals surface area contributed by atoms with E-state index in [0.29, 0.717) is 12.0 Å². The molecule has 0 fully saturated rings. The Bertz CT molecular complexity index is 755. The highest BCUT2D eigenvalue weighted by atomic mass is 35.5. The fraction of sp³-hybridized carbons (Fsp3) is 0.278. The normalized spacial score (nSPS) is 23.6. The van der Waals surface area contributed by atoms with Crippen LogP contribution in [0.5, 0.6) is 5.75 Å². The minimum atomic E-state index is -0.593. The van der Waals surface area contributed by atoms with Gasteiger partial charge in [-0.3, -0.25) is 4.79 Å². The van der Waals surface area contributed by atoms with Gasteiger partial charge in [0.15, 0.2) is 5.78 Å². The maximum Gasteiger partial charge on any atom is 0.171 e. The zero-order valence-electron chi connectivity index (χ0n) is 12.4. The number of carbonyl (C=O) groups excluding carboxylic acids is 1. The van der Waals surface area contributed by atoms with Crippen LogP contribution in [-0.4, -0.2) is 10.9 Å². The first kappa shape index (κ1) is 15.4. The lowest BCUT2D eigenvalue weighted by Gasteiger charge is -2.29. The van der Waals surface area contributed by atoms with E-state index in [9.17, 15) is 9.90 Å². The van der Waals surface area contributed by atoms with Gasteiger partial charge in [-0.05, 0) is 23.6 Å². The van der Waals surface area contributed by atoms with Crippen molar-refractivity contribution >= 4 is 29.0 Å². The Morgan fingerprint density at radius 2 is 1.82 bits per heavy atom. The first-order valence-corrected chi connectivity index (χ1v) is 7.98. The van der Waals surface area contributed by atoms with Gasteiger partial charge in [-0.1, -0.05) is 67.4 Å². The summed E-state index contributed by atoms with van der Waals surface area (Å²) in [5.74, 6) is -0.230. The Hall–Kier alpha value is -1.51. The summed E-state index contributed by atoms with van der Waals surface area (Å²) in [7, 11) is 0. The SMILES string of the molecule is CC[C@@]1(C)C(=O)c2c(cc(O)c(Cl)c2Cl)[C@H]1c1ccccc1. The van der Waals surface area contributed by atoms with Crippen LogP contribution < -0.4 is 0 Å². The molecule has 2 atom stereocenters. The molecule has 1 aliphatic rings. The summed E-state index contributed by atoms with van der Waals surface area (Å²) < 4.78 is 0. The molecular weight excluding hydrogens is 319 g/mol. The summed E-state index contributed by atoms with van der Waals surface area (Å²) >= 11 is 12.3. The van der Waals surface area contributed by atoms with Crippen molar-refractivity contribution in [3.05, 3.63) is 63.1 Å². The zero-order valence-corrected chi connectivity index (χ0v) is 13.9. The van der Waals surface area contributed by atoms with Crippen LogP contribution in [0.3, 0.4) is 0 Å². The molecule has 3 rings (SSSR count). The number of ketones is 1. The predicted molar refractivity (Wildman–Crippen MR) is 89.1 cm³/mol. The molecule has 0 amide bonds. The lowest BCUT2D eigenvalue weighted by Crippen LogP contribution is -2.27. The van der Waals surface area contributed by atoms with Crippen LogP contribution >= 0.6 is 23.2 Å². The lowest BCUT2D eigenvalue weighted by atomic mass is 9.72. The average molecular weight is 335 g/mol. The topological polar surface area (TPSA) is 37.3 Å². The molecule has 0 radical (unpaired) electrons. The second-order valence-corrected chi connectivity index (χ2v) is 6.69. The van der Waals surface area contributed by atoms with Crippen LogP contribution in [0.25, 0.3) is 0 Å². The molecule has 2 aromatic rings. The molecule has 0 spiro atoms. The van der Waals surface area contributed by atoms with Crippen LogP contribution in [0.15, 0.2) is 36.4 Å². The summed E-state index contributed by atoms with van der Waals surface area (Å²) in [6, 6.07) is 11.4. The largest absolute Gasteiger partial charge is 0.506 e. The summed E-state index contributed by atoms with van der Waals surface area (Å²) in [6.07, 6.45) is 0.675. The number of phenolic OH excluding ortho intramolecular Hbond substituents is 1. The van der Waals surface area contributed by atoms with Gasteiger partial charge in [-0.15, -0.1) is 0 Å². The van der Waals surface area contributed by atoms with E-state index >= 15 is 0 Å². The zero-order chi connectivity index (χ0) is 16.1. The van der Waals surface area contributed by atoms with Crippen molar-refractivity contribution < 1.29 is 9.90 Å². The third-order valence-electron chi connectivity index (χ3n) is 4.78. The van der Waals surface area contributed by atoms with E-state index in [4.69, 9.17) is 23.2 Å². The van der Waals surface area contributed by atoms with Gasteiger partial charge in [-0.25, -0.2) is 0 Å². The summed E-state index contributed by atoms with van der Waals surface area (Å²) in [5, 5.41) is 10.2. The van der Waals surface area contributed by atoms with Crippen molar-refractivity contribution in [1.82, 2.24) is 0 Å². The molecule has 2 nitrogen and oxygen atoms in total.